The van der Waals surface area contributed by atoms with E-state index in [-0.39, 0.29) is 22.4 Å². The molecule has 0 aromatic heterocycles. The number of sulfonamides is 1. The van der Waals surface area contributed by atoms with Gasteiger partial charge in [0.25, 0.3) is 15.9 Å². The van der Waals surface area contributed by atoms with Crippen LogP contribution < -0.4 is 19.5 Å². The van der Waals surface area contributed by atoms with Crippen LogP contribution >= 0.6 is 0 Å². The van der Waals surface area contributed by atoms with Crippen LogP contribution in [0.5, 0.6) is 11.5 Å². The van der Waals surface area contributed by atoms with Crippen LogP contribution in [-0.2, 0) is 10.0 Å². The first-order valence-corrected chi connectivity index (χ1v) is 11.7. The van der Waals surface area contributed by atoms with Gasteiger partial charge < -0.3 is 14.8 Å². The molecule has 0 radical (unpaired) electrons. The minimum atomic E-state index is -3.83. The summed E-state index contributed by atoms with van der Waals surface area (Å²) < 4.78 is 39.2. The lowest BCUT2D eigenvalue weighted by Crippen LogP contribution is -2.27. The van der Waals surface area contributed by atoms with Crippen molar-refractivity contribution in [1.82, 2.24) is 5.32 Å². The van der Waals surface area contributed by atoms with Gasteiger partial charge in [-0.3, -0.25) is 9.52 Å². The minimum absolute atomic E-state index is 0.0118. The smallest absolute Gasteiger partial charge is 0.261 e. The van der Waals surface area contributed by atoms with Crippen molar-refractivity contribution < 1.29 is 22.7 Å². The van der Waals surface area contributed by atoms with E-state index in [1.54, 1.807) is 24.3 Å². The molecule has 0 fully saturated rings. The van der Waals surface area contributed by atoms with Crippen molar-refractivity contribution in [1.29, 1.82) is 0 Å². The van der Waals surface area contributed by atoms with Gasteiger partial charge in [-0.25, -0.2) is 8.42 Å². The fraction of sp³-hybridized carbons (Fsp3) is 0.208. The average Bonchev–Trinajstić information content (AvgIpc) is 2.80. The number of rotatable bonds is 6. The maximum absolute atomic E-state index is 12.8. The number of hydrogen-bond acceptors (Lipinski definition) is 5. The van der Waals surface area contributed by atoms with Gasteiger partial charge in [0.1, 0.15) is 13.2 Å². The number of amides is 1. The maximum atomic E-state index is 12.8. The number of benzene rings is 3. The summed E-state index contributed by atoms with van der Waals surface area (Å²) >= 11 is 0. The number of aryl methyl sites for hydroxylation is 1. The summed E-state index contributed by atoms with van der Waals surface area (Å²) in [5.41, 5.74) is 2.59. The molecule has 0 aliphatic carbocycles. The molecule has 3 aromatic rings. The molecule has 0 spiro atoms. The number of carbonyl (C=O) groups excluding carboxylic acids is 1. The fourth-order valence-corrected chi connectivity index (χ4v) is 4.44. The molecule has 7 nitrogen and oxygen atoms in total. The number of ether oxygens (including phenoxy) is 2. The molecule has 4 rings (SSSR count). The highest BCUT2D eigenvalue weighted by Crippen LogP contribution is 2.32. The number of carbonyl (C=O) groups is 1. The largest absolute Gasteiger partial charge is 0.486 e. The zero-order valence-electron chi connectivity index (χ0n) is 17.8. The summed E-state index contributed by atoms with van der Waals surface area (Å²) in [5, 5.41) is 2.90. The monoisotopic (exact) mass is 452 g/mol. The van der Waals surface area contributed by atoms with E-state index in [4.69, 9.17) is 9.47 Å². The Hall–Kier alpha value is -3.52. The fourth-order valence-electron chi connectivity index (χ4n) is 3.33. The molecule has 3 aromatic carbocycles. The van der Waals surface area contributed by atoms with E-state index in [9.17, 15) is 13.2 Å². The Bertz CT molecular complexity index is 1240. The molecule has 0 saturated carbocycles. The highest BCUT2D eigenvalue weighted by molar-refractivity contribution is 7.92. The van der Waals surface area contributed by atoms with E-state index in [1.807, 2.05) is 44.2 Å². The first-order chi connectivity index (χ1) is 15.3. The number of fused-ring (bicyclic) bond motifs is 1. The van der Waals surface area contributed by atoms with Gasteiger partial charge >= 0.3 is 0 Å². The quantitative estimate of drug-likeness (QED) is 0.588. The maximum Gasteiger partial charge on any atom is 0.261 e. The SMILES string of the molecule is Cc1ccc(NS(=O)(=O)c2cccc(C(=O)N[C@H](C)c3ccc4c(c3)OCCO4)c2)cc1. The summed E-state index contributed by atoms with van der Waals surface area (Å²) in [4.78, 5) is 12.8. The first-order valence-electron chi connectivity index (χ1n) is 10.2. The zero-order valence-corrected chi connectivity index (χ0v) is 18.6. The van der Waals surface area contributed by atoms with Crippen LogP contribution in [0.4, 0.5) is 5.69 Å². The van der Waals surface area contributed by atoms with Crippen LogP contribution in [0.15, 0.2) is 71.6 Å². The Morgan fingerprint density at radius 2 is 1.66 bits per heavy atom. The van der Waals surface area contributed by atoms with Crippen LogP contribution in [0.2, 0.25) is 0 Å². The molecular formula is C24H24N2O5S. The number of nitrogens with one attached hydrogen (secondary N) is 2. The predicted molar refractivity (Wildman–Crippen MR) is 122 cm³/mol. The Morgan fingerprint density at radius 1 is 0.938 bits per heavy atom. The summed E-state index contributed by atoms with van der Waals surface area (Å²) in [7, 11) is -3.83. The Morgan fingerprint density at radius 3 is 2.41 bits per heavy atom. The summed E-state index contributed by atoms with van der Waals surface area (Å²) in [6, 6.07) is 18.2. The molecular weight excluding hydrogens is 428 g/mol. The average molecular weight is 453 g/mol. The highest BCUT2D eigenvalue weighted by Gasteiger charge is 2.19. The van der Waals surface area contributed by atoms with E-state index in [0.29, 0.717) is 30.4 Å². The van der Waals surface area contributed by atoms with Gasteiger partial charge in [-0.1, -0.05) is 29.8 Å². The van der Waals surface area contributed by atoms with E-state index in [1.165, 1.54) is 12.1 Å². The Kier molecular flexibility index (Phi) is 6.05. The van der Waals surface area contributed by atoms with Crippen LogP contribution in [0.25, 0.3) is 0 Å². The topological polar surface area (TPSA) is 93.7 Å². The van der Waals surface area contributed by atoms with Crippen molar-refractivity contribution in [2.75, 3.05) is 17.9 Å². The Balaban J connectivity index is 1.48. The van der Waals surface area contributed by atoms with Gasteiger partial charge in [-0.2, -0.15) is 0 Å². The first kappa shape index (κ1) is 21.7. The van der Waals surface area contributed by atoms with Crippen molar-refractivity contribution in [3.05, 3.63) is 83.4 Å². The lowest BCUT2D eigenvalue weighted by Gasteiger charge is -2.21. The summed E-state index contributed by atoms with van der Waals surface area (Å²) in [6.45, 7) is 4.76. The summed E-state index contributed by atoms with van der Waals surface area (Å²) in [5.74, 6) is 0.947. The predicted octanol–water partition coefficient (Wildman–Crippen LogP) is 4.06. The van der Waals surface area contributed by atoms with Crippen molar-refractivity contribution in [2.24, 2.45) is 0 Å². The molecule has 0 saturated heterocycles. The van der Waals surface area contributed by atoms with Crippen LogP contribution in [0.3, 0.4) is 0 Å². The molecule has 1 aliphatic heterocycles. The van der Waals surface area contributed by atoms with Crippen molar-refractivity contribution >= 4 is 21.6 Å². The van der Waals surface area contributed by atoms with E-state index in [2.05, 4.69) is 10.0 Å². The standard InChI is InChI=1S/C24H24N2O5S/c1-16-6-9-20(10-7-16)26-32(28,29)21-5-3-4-19(14-21)24(27)25-17(2)18-8-11-22-23(15-18)31-13-12-30-22/h3-11,14-15,17,26H,12-13H2,1-2H3,(H,25,27)/t17-/m1/s1. The second-order valence-corrected chi connectivity index (χ2v) is 9.28. The van der Waals surface area contributed by atoms with Crippen LogP contribution in [-0.4, -0.2) is 27.5 Å². The molecule has 1 amide bonds. The number of hydrogen-bond donors (Lipinski definition) is 2. The van der Waals surface area contributed by atoms with E-state index in [0.717, 1.165) is 11.1 Å². The lowest BCUT2D eigenvalue weighted by atomic mass is 10.1. The van der Waals surface area contributed by atoms with Gasteiger partial charge in [0.15, 0.2) is 11.5 Å². The van der Waals surface area contributed by atoms with Gasteiger partial charge in [0, 0.05) is 11.3 Å². The van der Waals surface area contributed by atoms with E-state index >= 15 is 0 Å². The van der Waals surface area contributed by atoms with Crippen molar-refractivity contribution in [2.45, 2.75) is 24.8 Å². The van der Waals surface area contributed by atoms with Gasteiger partial charge in [-0.05, 0) is 61.9 Å². The molecule has 166 valence electrons. The molecule has 1 atom stereocenters. The number of anilines is 1. The third-order valence-corrected chi connectivity index (χ3v) is 6.50. The zero-order chi connectivity index (χ0) is 22.7. The molecule has 8 heteroatoms. The highest BCUT2D eigenvalue weighted by atomic mass is 32.2. The van der Waals surface area contributed by atoms with Crippen LogP contribution in [0, 0.1) is 6.92 Å². The Labute approximate surface area is 187 Å². The molecule has 2 N–H and O–H groups in total. The van der Waals surface area contributed by atoms with Gasteiger partial charge in [-0.15, -0.1) is 0 Å². The normalized spacial score (nSPS) is 13.8. The molecule has 1 aliphatic rings. The molecule has 32 heavy (non-hydrogen) atoms. The van der Waals surface area contributed by atoms with Gasteiger partial charge in [0.2, 0.25) is 0 Å². The minimum Gasteiger partial charge on any atom is -0.486 e. The molecule has 1 heterocycles. The van der Waals surface area contributed by atoms with E-state index < -0.39 is 10.0 Å². The summed E-state index contributed by atoms with van der Waals surface area (Å²) in [6.07, 6.45) is 0. The third kappa shape index (κ3) is 4.86. The van der Waals surface area contributed by atoms with Crippen LogP contribution in [0.1, 0.15) is 34.5 Å². The molecule has 0 unspecified atom stereocenters. The van der Waals surface area contributed by atoms with Crippen molar-refractivity contribution in [3.63, 3.8) is 0 Å². The van der Waals surface area contributed by atoms with Gasteiger partial charge in [0.05, 0.1) is 10.9 Å². The second kappa shape index (κ2) is 8.92. The molecule has 0 bridgehead atoms. The second-order valence-electron chi connectivity index (χ2n) is 7.60. The third-order valence-electron chi connectivity index (χ3n) is 5.12. The lowest BCUT2D eigenvalue weighted by molar-refractivity contribution is 0.0939. The van der Waals surface area contributed by atoms with Crippen molar-refractivity contribution in [3.8, 4) is 11.5 Å².